The molecule has 20 heavy (non-hydrogen) atoms. The number of hydrogen-bond donors (Lipinski definition) is 1. The molecular formula is C18H36N2. The zero-order valence-corrected chi connectivity index (χ0v) is 14.4. The minimum Gasteiger partial charge on any atom is -0.315 e. The normalized spacial score (nSPS) is 40.8. The first-order valence-corrected chi connectivity index (χ1v) is 8.94. The smallest absolute Gasteiger partial charge is 0.0274 e. The fraction of sp³-hybridized carbons (Fsp3) is 1.00. The third-order valence-electron chi connectivity index (χ3n) is 5.97. The summed E-state index contributed by atoms with van der Waals surface area (Å²) < 4.78 is 0. The van der Waals surface area contributed by atoms with E-state index in [1.54, 1.807) is 0 Å². The number of likely N-dealkylation sites (tertiary alicyclic amines) is 1. The SMILES string of the molecule is CNC1CC(C)CC(C)C1N1CCCC(C(C)C)CC1. The van der Waals surface area contributed by atoms with E-state index >= 15 is 0 Å². The van der Waals surface area contributed by atoms with Crippen LogP contribution in [0.4, 0.5) is 0 Å². The Labute approximate surface area is 126 Å². The maximum atomic E-state index is 3.62. The van der Waals surface area contributed by atoms with E-state index in [2.05, 4.69) is 45.0 Å². The zero-order valence-electron chi connectivity index (χ0n) is 14.4. The highest BCUT2D eigenvalue weighted by molar-refractivity contribution is 4.94. The van der Waals surface area contributed by atoms with Crippen LogP contribution in [-0.2, 0) is 0 Å². The topological polar surface area (TPSA) is 15.3 Å². The maximum Gasteiger partial charge on any atom is 0.0274 e. The first kappa shape index (κ1) is 16.3. The van der Waals surface area contributed by atoms with Crippen LogP contribution in [0.3, 0.4) is 0 Å². The van der Waals surface area contributed by atoms with E-state index in [1.165, 1.54) is 45.2 Å². The van der Waals surface area contributed by atoms with Gasteiger partial charge in [-0.3, -0.25) is 4.90 Å². The Morgan fingerprint density at radius 1 is 1.05 bits per heavy atom. The number of nitrogens with zero attached hydrogens (tertiary/aromatic N) is 1. The van der Waals surface area contributed by atoms with E-state index in [0.717, 1.165) is 29.7 Å². The summed E-state index contributed by atoms with van der Waals surface area (Å²) in [4.78, 5) is 2.83. The van der Waals surface area contributed by atoms with Crippen LogP contribution in [0.2, 0.25) is 0 Å². The molecule has 0 aromatic heterocycles. The first-order valence-electron chi connectivity index (χ1n) is 8.94. The number of hydrogen-bond acceptors (Lipinski definition) is 2. The molecule has 0 amide bonds. The molecule has 118 valence electrons. The van der Waals surface area contributed by atoms with Crippen molar-refractivity contribution in [3.05, 3.63) is 0 Å². The summed E-state index contributed by atoms with van der Waals surface area (Å²) in [5.41, 5.74) is 0. The number of likely N-dealkylation sites (N-methyl/N-ethyl adjacent to an activating group) is 1. The van der Waals surface area contributed by atoms with E-state index in [4.69, 9.17) is 0 Å². The van der Waals surface area contributed by atoms with E-state index in [0.29, 0.717) is 6.04 Å². The van der Waals surface area contributed by atoms with Crippen molar-refractivity contribution < 1.29 is 0 Å². The van der Waals surface area contributed by atoms with E-state index in [1.807, 2.05) is 0 Å². The summed E-state index contributed by atoms with van der Waals surface area (Å²) >= 11 is 0. The van der Waals surface area contributed by atoms with Gasteiger partial charge >= 0.3 is 0 Å². The predicted octanol–water partition coefficient (Wildman–Crippen LogP) is 3.77. The van der Waals surface area contributed by atoms with Crippen LogP contribution in [0.25, 0.3) is 0 Å². The molecule has 2 aliphatic rings. The molecule has 0 aromatic carbocycles. The fourth-order valence-corrected chi connectivity index (χ4v) is 4.85. The first-order chi connectivity index (χ1) is 9.52. The molecule has 1 saturated heterocycles. The van der Waals surface area contributed by atoms with Gasteiger partial charge in [0.25, 0.3) is 0 Å². The van der Waals surface area contributed by atoms with Crippen LogP contribution < -0.4 is 5.32 Å². The van der Waals surface area contributed by atoms with Crippen LogP contribution in [0.5, 0.6) is 0 Å². The summed E-state index contributed by atoms with van der Waals surface area (Å²) in [6.45, 7) is 12.4. The van der Waals surface area contributed by atoms with Crippen molar-refractivity contribution in [3.63, 3.8) is 0 Å². The Kier molecular flexibility index (Phi) is 5.92. The molecule has 5 atom stereocenters. The summed E-state index contributed by atoms with van der Waals surface area (Å²) in [7, 11) is 2.16. The molecule has 2 rings (SSSR count). The Hall–Kier alpha value is -0.0800. The standard InChI is InChI=1S/C18H36N2/c1-13(2)16-7-6-9-20(10-8-16)18-15(4)11-14(3)12-17(18)19-5/h13-19H,6-12H2,1-5H3. The minimum absolute atomic E-state index is 0.698. The second-order valence-corrected chi connectivity index (χ2v) is 7.91. The third-order valence-corrected chi connectivity index (χ3v) is 5.97. The minimum atomic E-state index is 0.698. The molecule has 0 bridgehead atoms. The van der Waals surface area contributed by atoms with Gasteiger partial charge in [-0.15, -0.1) is 0 Å². The summed E-state index contributed by atoms with van der Waals surface area (Å²) in [6.07, 6.45) is 7.02. The van der Waals surface area contributed by atoms with Crippen molar-refractivity contribution in [2.75, 3.05) is 20.1 Å². The highest BCUT2D eigenvalue weighted by atomic mass is 15.2. The number of nitrogens with one attached hydrogen (secondary N) is 1. The molecule has 1 aliphatic carbocycles. The lowest BCUT2D eigenvalue weighted by Crippen LogP contribution is -2.56. The summed E-state index contributed by atoms with van der Waals surface area (Å²) in [5, 5.41) is 3.62. The van der Waals surface area contributed by atoms with Crippen molar-refractivity contribution in [1.29, 1.82) is 0 Å². The maximum absolute atomic E-state index is 3.62. The van der Waals surface area contributed by atoms with Crippen LogP contribution in [0.1, 0.15) is 59.8 Å². The average molecular weight is 281 g/mol. The molecule has 1 saturated carbocycles. The van der Waals surface area contributed by atoms with E-state index < -0.39 is 0 Å². The largest absolute Gasteiger partial charge is 0.315 e. The Morgan fingerprint density at radius 2 is 1.80 bits per heavy atom. The predicted molar refractivity (Wildman–Crippen MR) is 87.9 cm³/mol. The second kappa shape index (κ2) is 7.26. The van der Waals surface area contributed by atoms with Crippen LogP contribution in [-0.4, -0.2) is 37.1 Å². The quantitative estimate of drug-likeness (QED) is 0.846. The van der Waals surface area contributed by atoms with Gasteiger partial charge in [0.1, 0.15) is 0 Å². The van der Waals surface area contributed by atoms with Gasteiger partial charge in [0.15, 0.2) is 0 Å². The van der Waals surface area contributed by atoms with Gasteiger partial charge in [0.05, 0.1) is 0 Å². The van der Waals surface area contributed by atoms with Crippen LogP contribution in [0.15, 0.2) is 0 Å². The fourth-order valence-electron chi connectivity index (χ4n) is 4.85. The third kappa shape index (κ3) is 3.76. The van der Waals surface area contributed by atoms with E-state index in [9.17, 15) is 0 Å². The Bertz CT molecular complexity index is 289. The summed E-state index contributed by atoms with van der Waals surface area (Å²) in [6, 6.07) is 1.46. The van der Waals surface area contributed by atoms with Crippen LogP contribution in [0, 0.1) is 23.7 Å². The highest BCUT2D eigenvalue weighted by Gasteiger charge is 2.37. The molecule has 2 fully saturated rings. The molecule has 2 nitrogen and oxygen atoms in total. The van der Waals surface area contributed by atoms with Gasteiger partial charge in [-0.25, -0.2) is 0 Å². The molecule has 5 unspecified atom stereocenters. The lowest BCUT2D eigenvalue weighted by atomic mass is 9.75. The summed E-state index contributed by atoms with van der Waals surface area (Å²) in [5.74, 6) is 3.53. The monoisotopic (exact) mass is 280 g/mol. The van der Waals surface area contributed by atoms with Crippen molar-refractivity contribution in [1.82, 2.24) is 10.2 Å². The van der Waals surface area contributed by atoms with Gasteiger partial charge in [-0.1, -0.05) is 27.7 Å². The van der Waals surface area contributed by atoms with Gasteiger partial charge in [-0.05, 0) is 75.9 Å². The van der Waals surface area contributed by atoms with E-state index in [-0.39, 0.29) is 0 Å². The van der Waals surface area contributed by atoms with Gasteiger partial charge < -0.3 is 5.32 Å². The van der Waals surface area contributed by atoms with Gasteiger partial charge in [-0.2, -0.15) is 0 Å². The van der Waals surface area contributed by atoms with Crippen molar-refractivity contribution in [2.24, 2.45) is 23.7 Å². The zero-order chi connectivity index (χ0) is 14.7. The second-order valence-electron chi connectivity index (χ2n) is 7.91. The molecule has 2 heteroatoms. The van der Waals surface area contributed by atoms with Gasteiger partial charge in [0.2, 0.25) is 0 Å². The lowest BCUT2D eigenvalue weighted by Gasteiger charge is -2.45. The average Bonchev–Trinajstić information content (AvgIpc) is 2.63. The lowest BCUT2D eigenvalue weighted by molar-refractivity contribution is 0.0653. The highest BCUT2D eigenvalue weighted by Crippen LogP contribution is 2.34. The molecule has 1 N–H and O–H groups in total. The van der Waals surface area contributed by atoms with Crippen molar-refractivity contribution in [2.45, 2.75) is 71.9 Å². The molecule has 1 aliphatic heterocycles. The molecule has 0 aromatic rings. The number of rotatable bonds is 3. The molecule has 0 radical (unpaired) electrons. The van der Waals surface area contributed by atoms with Gasteiger partial charge in [0, 0.05) is 12.1 Å². The molecular weight excluding hydrogens is 244 g/mol. The van der Waals surface area contributed by atoms with Crippen molar-refractivity contribution >= 4 is 0 Å². The molecule has 1 heterocycles. The van der Waals surface area contributed by atoms with Crippen LogP contribution >= 0.6 is 0 Å². The Balaban J connectivity index is 2.01. The Morgan fingerprint density at radius 3 is 2.45 bits per heavy atom. The van der Waals surface area contributed by atoms with Crippen molar-refractivity contribution in [3.8, 4) is 0 Å². The molecule has 0 spiro atoms.